The molecule has 1 aromatic rings. The molecule has 1 aromatic carbocycles. The molecule has 0 heterocycles. The van der Waals surface area contributed by atoms with E-state index in [2.05, 4.69) is 71.0 Å². The second-order valence-electron chi connectivity index (χ2n) is 14.1. The van der Waals surface area contributed by atoms with Crippen LogP contribution in [0.1, 0.15) is 111 Å². The van der Waals surface area contributed by atoms with E-state index in [0.717, 1.165) is 53.9 Å². The Morgan fingerprint density at radius 2 is 1.66 bits per heavy atom. The quantitative estimate of drug-likeness (QED) is 0.375. The fraction of sp³-hybridized carbons (Fsp3) is 0.735. The first-order valence-corrected chi connectivity index (χ1v) is 15.0. The van der Waals surface area contributed by atoms with Gasteiger partial charge in [-0.1, -0.05) is 84.2 Å². The van der Waals surface area contributed by atoms with Crippen LogP contribution in [-0.4, -0.2) is 5.78 Å². The van der Waals surface area contributed by atoms with Crippen LogP contribution in [0, 0.1) is 52.3 Å². The lowest BCUT2D eigenvalue weighted by molar-refractivity contribution is -0.133. The van der Waals surface area contributed by atoms with Gasteiger partial charge in [-0.25, -0.2) is 0 Å². The number of Topliss-reactive ketones (excluding diaryl/α,β-unsaturated/α-hetero) is 1. The molecule has 192 valence electrons. The van der Waals surface area contributed by atoms with E-state index in [1.54, 1.807) is 0 Å². The van der Waals surface area contributed by atoms with Crippen molar-refractivity contribution in [3.8, 4) is 0 Å². The average Bonchev–Trinajstić information content (AvgIpc) is 3.18. The number of carbonyl (C=O) groups excluding carboxylic acids is 1. The van der Waals surface area contributed by atoms with Gasteiger partial charge in [0.25, 0.3) is 0 Å². The normalized spacial score (nSPS) is 40.9. The first-order chi connectivity index (χ1) is 16.7. The molecule has 0 N–H and O–H groups in total. The van der Waals surface area contributed by atoms with Crippen LogP contribution in [0.4, 0.5) is 0 Å². The summed E-state index contributed by atoms with van der Waals surface area (Å²) < 4.78 is 0. The Labute approximate surface area is 215 Å². The van der Waals surface area contributed by atoms with Crippen LogP contribution in [0.5, 0.6) is 0 Å². The van der Waals surface area contributed by atoms with Crippen molar-refractivity contribution in [1.82, 2.24) is 0 Å². The van der Waals surface area contributed by atoms with Gasteiger partial charge in [0.15, 0.2) is 5.78 Å². The van der Waals surface area contributed by atoms with E-state index in [1.807, 2.05) is 0 Å². The van der Waals surface area contributed by atoms with Crippen molar-refractivity contribution in [2.24, 2.45) is 52.3 Å². The molecule has 0 amide bonds. The molecule has 0 unspecified atom stereocenters. The minimum Gasteiger partial charge on any atom is -0.295 e. The van der Waals surface area contributed by atoms with Gasteiger partial charge in [-0.3, -0.25) is 4.79 Å². The lowest BCUT2D eigenvalue weighted by atomic mass is 9.44. The number of hydrogen-bond acceptors (Lipinski definition) is 1. The van der Waals surface area contributed by atoms with E-state index in [4.69, 9.17) is 0 Å². The molecule has 0 bridgehead atoms. The molecule has 4 fully saturated rings. The van der Waals surface area contributed by atoms with E-state index >= 15 is 0 Å². The number of carbonyl (C=O) groups is 1. The van der Waals surface area contributed by atoms with Crippen molar-refractivity contribution in [2.75, 3.05) is 0 Å². The fourth-order valence-corrected chi connectivity index (χ4v) is 9.92. The highest BCUT2D eigenvalue weighted by Gasteiger charge is 2.61. The van der Waals surface area contributed by atoms with Gasteiger partial charge in [0.05, 0.1) is 0 Å². The highest BCUT2D eigenvalue weighted by molar-refractivity contribution is 6.00. The second kappa shape index (κ2) is 9.83. The topological polar surface area (TPSA) is 17.1 Å². The van der Waals surface area contributed by atoms with Gasteiger partial charge in [0.2, 0.25) is 0 Å². The summed E-state index contributed by atoms with van der Waals surface area (Å²) in [5, 5.41) is 0. The molecule has 35 heavy (non-hydrogen) atoms. The van der Waals surface area contributed by atoms with Crippen molar-refractivity contribution in [3.63, 3.8) is 0 Å². The highest BCUT2D eigenvalue weighted by Crippen LogP contribution is 2.68. The number of allylic oxidation sites excluding steroid dienone is 1. The van der Waals surface area contributed by atoms with Crippen LogP contribution < -0.4 is 0 Å². The smallest absolute Gasteiger partial charge is 0.159 e. The Morgan fingerprint density at radius 3 is 2.40 bits per heavy atom. The molecule has 8 atom stereocenters. The average molecular weight is 475 g/mol. The zero-order valence-corrected chi connectivity index (χ0v) is 23.2. The molecular formula is C34H50O. The summed E-state index contributed by atoms with van der Waals surface area (Å²) in [4.78, 5) is 13.2. The van der Waals surface area contributed by atoms with Gasteiger partial charge in [0, 0.05) is 6.42 Å². The monoisotopic (exact) mass is 474 g/mol. The number of rotatable bonds is 6. The molecule has 5 rings (SSSR count). The van der Waals surface area contributed by atoms with Gasteiger partial charge in [-0.05, 0) is 114 Å². The predicted molar refractivity (Wildman–Crippen MR) is 148 cm³/mol. The highest BCUT2D eigenvalue weighted by atomic mass is 16.1. The second-order valence-corrected chi connectivity index (χ2v) is 14.1. The lowest BCUT2D eigenvalue weighted by Crippen LogP contribution is -2.54. The predicted octanol–water partition coefficient (Wildman–Crippen LogP) is 9.37. The maximum atomic E-state index is 13.2. The first kappa shape index (κ1) is 25.3. The molecule has 0 spiro atoms. The summed E-state index contributed by atoms with van der Waals surface area (Å²) in [6.45, 7) is 12.6. The van der Waals surface area contributed by atoms with E-state index in [-0.39, 0.29) is 0 Å². The summed E-state index contributed by atoms with van der Waals surface area (Å²) in [7, 11) is 0. The Bertz CT molecular complexity index is 927. The summed E-state index contributed by atoms with van der Waals surface area (Å²) in [6.07, 6.45) is 16.6. The summed E-state index contributed by atoms with van der Waals surface area (Å²) in [5.41, 5.74) is 3.15. The molecule has 1 nitrogen and oxygen atoms in total. The van der Waals surface area contributed by atoms with E-state index in [9.17, 15) is 4.79 Å². The zero-order chi connectivity index (χ0) is 24.8. The van der Waals surface area contributed by atoms with Gasteiger partial charge in [-0.15, -0.1) is 0 Å². The van der Waals surface area contributed by atoms with Gasteiger partial charge in [0.1, 0.15) is 0 Å². The molecule has 0 aromatic heterocycles. The van der Waals surface area contributed by atoms with Crippen molar-refractivity contribution in [3.05, 3.63) is 41.5 Å². The lowest BCUT2D eigenvalue weighted by Gasteiger charge is -2.60. The van der Waals surface area contributed by atoms with Gasteiger partial charge < -0.3 is 0 Å². The molecule has 1 heteroatoms. The third-order valence-electron chi connectivity index (χ3n) is 11.8. The minimum atomic E-state index is 0.305. The van der Waals surface area contributed by atoms with Gasteiger partial charge in [-0.2, -0.15) is 0 Å². The number of benzene rings is 1. The van der Waals surface area contributed by atoms with Crippen LogP contribution in [0.15, 0.2) is 35.9 Å². The summed E-state index contributed by atoms with van der Waals surface area (Å²) in [6, 6.07) is 10.5. The maximum absolute atomic E-state index is 13.2. The maximum Gasteiger partial charge on any atom is 0.159 e. The third kappa shape index (κ3) is 4.59. The first-order valence-electron chi connectivity index (χ1n) is 15.0. The van der Waals surface area contributed by atoms with Crippen LogP contribution in [-0.2, 0) is 4.79 Å². The van der Waals surface area contributed by atoms with Crippen LogP contribution >= 0.6 is 0 Å². The number of ketones is 1. The van der Waals surface area contributed by atoms with Crippen molar-refractivity contribution < 1.29 is 4.79 Å². The van der Waals surface area contributed by atoms with Gasteiger partial charge >= 0.3 is 0 Å². The molecule has 0 saturated heterocycles. The Morgan fingerprint density at radius 1 is 0.914 bits per heavy atom. The van der Waals surface area contributed by atoms with Crippen molar-refractivity contribution >= 4 is 11.9 Å². The standard InChI is InChI=1S/C34H50O/c1-23(2)10-9-11-24(3)29-16-17-30-28-15-14-27-21-32(35)26(20-25-12-7-6-8-13-25)22-34(27,5)31(28)18-19-33(29,30)4/h6-8,12-13,20,23-24,27-31H,9-11,14-19,21-22H2,1-5H3/b26-20-/t24-,27+,28+,29+,30-,31+,33-,34+/m1/s1. The molecule has 4 aliphatic rings. The molecule has 4 aliphatic carbocycles. The van der Waals surface area contributed by atoms with Crippen molar-refractivity contribution in [1.29, 1.82) is 0 Å². The minimum absolute atomic E-state index is 0.305. The molecule has 0 aliphatic heterocycles. The summed E-state index contributed by atoms with van der Waals surface area (Å²) in [5.74, 6) is 6.26. The van der Waals surface area contributed by atoms with Crippen molar-refractivity contribution in [2.45, 2.75) is 105 Å². The van der Waals surface area contributed by atoms with E-state index < -0.39 is 0 Å². The van der Waals surface area contributed by atoms with E-state index in [1.165, 1.54) is 63.4 Å². The molecule has 0 radical (unpaired) electrons. The summed E-state index contributed by atoms with van der Waals surface area (Å²) >= 11 is 0. The van der Waals surface area contributed by atoms with Crippen LogP contribution in [0.25, 0.3) is 6.08 Å². The SMILES string of the molecule is CC(C)CCC[C@@H](C)[C@@H]1CC[C@@H]2[C@@H]3CC[C@H]4CC(=O)/C(=C\c5ccccc5)C[C@]4(C)[C@H]3CC[C@@]21C. The molecular weight excluding hydrogens is 424 g/mol. The van der Waals surface area contributed by atoms with E-state index in [0.29, 0.717) is 22.5 Å². The zero-order valence-electron chi connectivity index (χ0n) is 23.2. The molecule has 4 saturated carbocycles. The Hall–Kier alpha value is -1.37. The third-order valence-corrected chi connectivity index (χ3v) is 11.8. The van der Waals surface area contributed by atoms with Crippen LogP contribution in [0.2, 0.25) is 0 Å². The Balaban J connectivity index is 1.34. The number of fused-ring (bicyclic) bond motifs is 5. The largest absolute Gasteiger partial charge is 0.295 e. The Kier molecular flexibility index (Phi) is 7.10. The number of hydrogen-bond donors (Lipinski definition) is 0. The van der Waals surface area contributed by atoms with Crippen LogP contribution in [0.3, 0.4) is 0 Å². The fourth-order valence-electron chi connectivity index (χ4n) is 9.92.